The minimum Gasteiger partial charge on any atom is -0.346 e. The second-order valence-corrected chi connectivity index (χ2v) is 9.69. The number of hydrogen-bond acceptors (Lipinski definition) is 4. The lowest BCUT2D eigenvalue weighted by Crippen LogP contribution is -2.38. The van der Waals surface area contributed by atoms with Crippen molar-refractivity contribution in [1.82, 2.24) is 14.6 Å². The Kier molecular flexibility index (Phi) is 7.02. The Labute approximate surface area is 189 Å². The highest BCUT2D eigenvalue weighted by atomic mass is 32.2. The van der Waals surface area contributed by atoms with E-state index in [2.05, 4.69) is 10.0 Å². The predicted octanol–water partition coefficient (Wildman–Crippen LogP) is 3.58. The fourth-order valence-electron chi connectivity index (χ4n) is 4.08. The molecule has 1 amide bonds. The molecule has 0 unspecified atom stereocenters. The van der Waals surface area contributed by atoms with Gasteiger partial charge in [0.25, 0.3) is 5.91 Å². The molecule has 7 nitrogen and oxygen atoms in total. The molecule has 2 N–H and O–H groups in total. The normalized spacial score (nSPS) is 12.5. The molecule has 0 aliphatic rings. The highest BCUT2D eigenvalue weighted by Gasteiger charge is 2.23. The third kappa shape index (κ3) is 5.01. The van der Waals surface area contributed by atoms with Crippen molar-refractivity contribution in [1.29, 1.82) is 5.26 Å². The number of nitrogens with zero attached hydrogens (tertiary/aromatic N) is 2. The number of aryl methyl sites for hydroxylation is 3. The third-order valence-corrected chi connectivity index (χ3v) is 7.29. The summed E-state index contributed by atoms with van der Waals surface area (Å²) in [5.41, 5.74) is 3.88. The number of aromatic nitrogens is 1. The highest BCUT2D eigenvalue weighted by molar-refractivity contribution is 7.89. The summed E-state index contributed by atoms with van der Waals surface area (Å²) < 4.78 is 31.2. The molecule has 3 rings (SSSR count). The number of carbonyl (C=O) groups excluding carboxylic acids is 1. The van der Waals surface area contributed by atoms with Gasteiger partial charge in [-0.2, -0.15) is 5.26 Å². The molecule has 8 heteroatoms. The van der Waals surface area contributed by atoms with Gasteiger partial charge in [0.1, 0.15) is 6.54 Å². The smallest absolute Gasteiger partial charge is 0.252 e. The van der Waals surface area contributed by atoms with Gasteiger partial charge in [-0.15, -0.1) is 0 Å². The van der Waals surface area contributed by atoms with Crippen LogP contribution in [0.3, 0.4) is 0 Å². The fourth-order valence-corrected chi connectivity index (χ4v) is 5.84. The zero-order chi connectivity index (χ0) is 23.5. The third-order valence-electron chi connectivity index (χ3n) is 5.47. The second kappa shape index (κ2) is 9.55. The lowest BCUT2D eigenvalue weighted by atomic mass is 10.1. The van der Waals surface area contributed by atoms with E-state index in [1.807, 2.05) is 68.8 Å². The van der Waals surface area contributed by atoms with Crippen LogP contribution in [0.4, 0.5) is 0 Å². The Hall–Kier alpha value is -3.15. The molecule has 0 saturated carbocycles. The summed E-state index contributed by atoms with van der Waals surface area (Å²) in [7, 11) is -3.68. The summed E-state index contributed by atoms with van der Waals surface area (Å²) >= 11 is 0. The van der Waals surface area contributed by atoms with Crippen molar-refractivity contribution in [3.8, 4) is 6.07 Å². The monoisotopic (exact) mass is 452 g/mol. The van der Waals surface area contributed by atoms with E-state index in [0.717, 1.165) is 27.6 Å². The van der Waals surface area contributed by atoms with Crippen molar-refractivity contribution >= 4 is 26.8 Å². The molecule has 0 radical (unpaired) electrons. The Morgan fingerprint density at radius 2 is 1.81 bits per heavy atom. The number of nitrogens with one attached hydrogen (secondary N) is 2. The van der Waals surface area contributed by atoms with E-state index in [9.17, 15) is 13.2 Å². The van der Waals surface area contributed by atoms with Gasteiger partial charge in [0.15, 0.2) is 0 Å². The average molecular weight is 453 g/mol. The SMILES string of the molecule is CC[C@H](Cn1ccc2cc(C(=O)NCC#N)ccc21)NS(=O)(=O)c1c(C)cc(C)cc1C. The highest BCUT2D eigenvalue weighted by Crippen LogP contribution is 2.23. The van der Waals surface area contributed by atoms with Gasteiger partial charge < -0.3 is 9.88 Å². The van der Waals surface area contributed by atoms with Gasteiger partial charge in [-0.1, -0.05) is 24.6 Å². The Bertz CT molecular complexity index is 1280. The van der Waals surface area contributed by atoms with Crippen LogP contribution in [-0.4, -0.2) is 31.5 Å². The van der Waals surface area contributed by atoms with Crippen molar-refractivity contribution in [3.05, 3.63) is 64.8 Å². The van der Waals surface area contributed by atoms with Gasteiger partial charge in [-0.05, 0) is 62.6 Å². The van der Waals surface area contributed by atoms with Gasteiger partial charge in [0.05, 0.1) is 11.0 Å². The molecule has 0 bridgehead atoms. The first kappa shape index (κ1) is 23.5. The van der Waals surface area contributed by atoms with E-state index in [1.165, 1.54) is 0 Å². The van der Waals surface area contributed by atoms with Crippen molar-refractivity contribution in [3.63, 3.8) is 0 Å². The molecule has 32 heavy (non-hydrogen) atoms. The Morgan fingerprint density at radius 3 is 2.44 bits per heavy atom. The summed E-state index contributed by atoms with van der Waals surface area (Å²) in [4.78, 5) is 12.4. The van der Waals surface area contributed by atoms with E-state index in [1.54, 1.807) is 12.1 Å². The number of amides is 1. The molecule has 0 fully saturated rings. The van der Waals surface area contributed by atoms with Crippen LogP contribution < -0.4 is 10.0 Å². The van der Waals surface area contributed by atoms with Crippen LogP contribution in [-0.2, 0) is 16.6 Å². The Morgan fingerprint density at radius 1 is 1.12 bits per heavy atom. The van der Waals surface area contributed by atoms with Gasteiger partial charge >= 0.3 is 0 Å². The number of hydrogen-bond donors (Lipinski definition) is 2. The van der Waals surface area contributed by atoms with E-state index in [4.69, 9.17) is 5.26 Å². The maximum absolute atomic E-state index is 13.2. The van der Waals surface area contributed by atoms with Gasteiger partial charge in [0, 0.05) is 35.2 Å². The summed E-state index contributed by atoms with van der Waals surface area (Å²) in [6.07, 6.45) is 2.51. The number of fused-ring (bicyclic) bond motifs is 1. The molecular weight excluding hydrogens is 424 g/mol. The standard InChI is InChI=1S/C24H28N4O3S/c1-5-21(27-32(30,31)23-17(3)12-16(2)13-18(23)4)15-28-11-8-19-14-20(6-7-22(19)28)24(29)26-10-9-25/h6-8,11-14,21,27H,5,10,15H2,1-4H3,(H,26,29)/t21-/m1/s1. The average Bonchev–Trinajstić information content (AvgIpc) is 3.12. The molecule has 0 saturated heterocycles. The van der Waals surface area contributed by atoms with Crippen LogP contribution in [0, 0.1) is 32.1 Å². The van der Waals surface area contributed by atoms with Crippen molar-refractivity contribution in [2.24, 2.45) is 0 Å². The number of sulfonamides is 1. The maximum Gasteiger partial charge on any atom is 0.252 e. The van der Waals surface area contributed by atoms with E-state index >= 15 is 0 Å². The van der Waals surface area contributed by atoms with Gasteiger partial charge in [-0.3, -0.25) is 4.79 Å². The van der Waals surface area contributed by atoms with Crippen LogP contribution in [0.5, 0.6) is 0 Å². The maximum atomic E-state index is 13.2. The summed E-state index contributed by atoms with van der Waals surface area (Å²) in [5, 5.41) is 12.0. The first-order chi connectivity index (χ1) is 15.2. The molecule has 2 aromatic carbocycles. The topological polar surface area (TPSA) is 104 Å². The van der Waals surface area contributed by atoms with Gasteiger partial charge in [0.2, 0.25) is 10.0 Å². The minimum absolute atomic E-state index is 0.0455. The van der Waals surface area contributed by atoms with Crippen molar-refractivity contribution < 1.29 is 13.2 Å². The largest absolute Gasteiger partial charge is 0.346 e. The summed E-state index contributed by atoms with van der Waals surface area (Å²) in [6, 6.07) is 12.6. The number of nitriles is 1. The first-order valence-corrected chi connectivity index (χ1v) is 12.0. The molecule has 0 aliphatic heterocycles. The fraction of sp³-hybridized carbons (Fsp3) is 0.333. The van der Waals surface area contributed by atoms with Crippen LogP contribution in [0.15, 0.2) is 47.5 Å². The molecule has 1 aromatic heterocycles. The molecule has 1 atom stereocenters. The number of carbonyl (C=O) groups is 1. The van der Waals surface area contributed by atoms with E-state index in [-0.39, 0.29) is 18.5 Å². The number of benzene rings is 2. The Balaban J connectivity index is 1.83. The minimum atomic E-state index is -3.68. The van der Waals surface area contributed by atoms with Crippen molar-refractivity contribution in [2.75, 3.05) is 6.54 Å². The molecule has 3 aromatic rings. The van der Waals surface area contributed by atoms with Crippen LogP contribution in [0.1, 0.15) is 40.4 Å². The summed E-state index contributed by atoms with van der Waals surface area (Å²) in [6.45, 7) is 7.96. The number of rotatable bonds is 8. The summed E-state index contributed by atoms with van der Waals surface area (Å²) in [5.74, 6) is -0.302. The zero-order valence-electron chi connectivity index (χ0n) is 18.8. The van der Waals surface area contributed by atoms with Crippen LogP contribution >= 0.6 is 0 Å². The quantitative estimate of drug-likeness (QED) is 0.510. The first-order valence-electron chi connectivity index (χ1n) is 10.5. The predicted molar refractivity (Wildman–Crippen MR) is 125 cm³/mol. The van der Waals surface area contributed by atoms with Gasteiger partial charge in [-0.25, -0.2) is 13.1 Å². The lowest BCUT2D eigenvalue weighted by molar-refractivity contribution is 0.0958. The second-order valence-electron chi connectivity index (χ2n) is 8.04. The molecule has 0 aliphatic carbocycles. The van der Waals surface area contributed by atoms with E-state index in [0.29, 0.717) is 23.4 Å². The van der Waals surface area contributed by atoms with Crippen molar-refractivity contribution in [2.45, 2.75) is 51.6 Å². The van der Waals surface area contributed by atoms with Crippen LogP contribution in [0.25, 0.3) is 10.9 Å². The molecule has 1 heterocycles. The lowest BCUT2D eigenvalue weighted by Gasteiger charge is -2.20. The van der Waals surface area contributed by atoms with Crippen LogP contribution in [0.2, 0.25) is 0 Å². The van der Waals surface area contributed by atoms with E-state index < -0.39 is 10.0 Å². The molecular formula is C24H28N4O3S. The molecule has 0 spiro atoms. The zero-order valence-corrected chi connectivity index (χ0v) is 19.6. The molecule has 168 valence electrons.